The Hall–Kier alpha value is -2.12. The fourth-order valence-corrected chi connectivity index (χ4v) is 3.36. The zero-order chi connectivity index (χ0) is 19.8. The number of alkyl halides is 3. The van der Waals surface area contributed by atoms with Crippen LogP contribution in [0, 0.1) is 5.82 Å². The van der Waals surface area contributed by atoms with Crippen molar-refractivity contribution in [2.24, 2.45) is 0 Å². The molecular formula is C19H11BrClF4NO. The summed E-state index contributed by atoms with van der Waals surface area (Å²) in [6.45, 7) is 0.00740. The molecule has 0 bridgehead atoms. The fourth-order valence-electron chi connectivity index (χ4n) is 2.67. The molecule has 0 spiro atoms. The first-order valence-corrected chi connectivity index (χ1v) is 8.85. The number of pyridine rings is 1. The summed E-state index contributed by atoms with van der Waals surface area (Å²) in [5, 5.41) is -0.519. The van der Waals surface area contributed by atoms with E-state index in [-0.39, 0.29) is 22.3 Å². The van der Waals surface area contributed by atoms with Gasteiger partial charge in [0.1, 0.15) is 5.82 Å². The maximum Gasteiger partial charge on any atom is 0.417 e. The summed E-state index contributed by atoms with van der Waals surface area (Å²) in [5.41, 5.74) is -0.926. The summed E-state index contributed by atoms with van der Waals surface area (Å²) in [6.07, 6.45) is -3.24. The molecular weight excluding hydrogens is 450 g/mol. The molecule has 0 N–H and O–H groups in total. The summed E-state index contributed by atoms with van der Waals surface area (Å²) in [4.78, 5) is 12.1. The van der Waals surface area contributed by atoms with Crippen molar-refractivity contribution in [2.75, 3.05) is 0 Å². The van der Waals surface area contributed by atoms with Crippen molar-refractivity contribution >= 4 is 27.5 Å². The molecule has 0 saturated carbocycles. The van der Waals surface area contributed by atoms with Crippen molar-refractivity contribution in [1.82, 2.24) is 4.57 Å². The molecule has 0 atom stereocenters. The van der Waals surface area contributed by atoms with Crippen LogP contribution >= 0.6 is 27.5 Å². The highest BCUT2D eigenvalue weighted by molar-refractivity contribution is 9.10. The van der Waals surface area contributed by atoms with Crippen molar-refractivity contribution in [1.29, 1.82) is 0 Å². The van der Waals surface area contributed by atoms with Gasteiger partial charge in [-0.25, -0.2) is 4.39 Å². The van der Waals surface area contributed by atoms with Crippen molar-refractivity contribution in [3.05, 3.63) is 91.4 Å². The molecule has 0 aliphatic carbocycles. The first kappa shape index (κ1) is 19.6. The highest BCUT2D eigenvalue weighted by Gasteiger charge is 2.34. The Kier molecular flexibility index (Phi) is 5.44. The third-order valence-corrected chi connectivity index (χ3v) is 4.96. The number of rotatable bonds is 3. The lowest BCUT2D eigenvalue weighted by Gasteiger charge is -2.18. The second-order valence-corrected chi connectivity index (χ2v) is 6.99. The van der Waals surface area contributed by atoms with Crippen LogP contribution in [0.3, 0.4) is 0 Å². The molecule has 3 rings (SSSR count). The molecule has 140 valence electrons. The van der Waals surface area contributed by atoms with Gasteiger partial charge >= 0.3 is 6.18 Å². The summed E-state index contributed by atoms with van der Waals surface area (Å²) >= 11 is 9.11. The van der Waals surface area contributed by atoms with E-state index in [1.807, 2.05) is 0 Å². The van der Waals surface area contributed by atoms with E-state index in [0.29, 0.717) is 5.56 Å². The molecule has 0 saturated heterocycles. The van der Waals surface area contributed by atoms with Crippen molar-refractivity contribution in [3.63, 3.8) is 0 Å². The largest absolute Gasteiger partial charge is 0.417 e. The molecule has 8 heteroatoms. The van der Waals surface area contributed by atoms with E-state index < -0.39 is 28.0 Å². The molecule has 0 fully saturated rings. The summed E-state index contributed by atoms with van der Waals surface area (Å²) in [5.74, 6) is -0.464. The molecule has 2 nitrogen and oxygen atoms in total. The van der Waals surface area contributed by atoms with Crippen LogP contribution in [0.1, 0.15) is 11.1 Å². The average Bonchev–Trinajstić information content (AvgIpc) is 2.59. The van der Waals surface area contributed by atoms with Crippen LogP contribution in [0.25, 0.3) is 11.3 Å². The maximum absolute atomic E-state index is 14.0. The second kappa shape index (κ2) is 7.48. The molecule has 0 aliphatic rings. The van der Waals surface area contributed by atoms with Gasteiger partial charge in [0, 0.05) is 23.4 Å². The third-order valence-electron chi connectivity index (χ3n) is 3.96. The van der Waals surface area contributed by atoms with Gasteiger partial charge in [-0.15, -0.1) is 0 Å². The van der Waals surface area contributed by atoms with Gasteiger partial charge in [0.05, 0.1) is 27.3 Å². The number of hydrogen-bond acceptors (Lipinski definition) is 1. The number of halogens is 6. The van der Waals surface area contributed by atoms with Gasteiger partial charge in [0.15, 0.2) is 5.43 Å². The van der Waals surface area contributed by atoms with Gasteiger partial charge in [-0.2, -0.15) is 13.2 Å². The van der Waals surface area contributed by atoms with E-state index in [1.54, 1.807) is 12.1 Å². The lowest BCUT2D eigenvalue weighted by Crippen LogP contribution is -2.13. The molecule has 27 heavy (non-hydrogen) atoms. The smallest absolute Gasteiger partial charge is 0.342 e. The zero-order valence-electron chi connectivity index (χ0n) is 13.5. The molecule has 1 heterocycles. The Morgan fingerprint density at radius 2 is 1.78 bits per heavy atom. The summed E-state index contributed by atoms with van der Waals surface area (Å²) in [7, 11) is 0. The van der Waals surface area contributed by atoms with Crippen LogP contribution in [0.15, 0.2) is 64.0 Å². The van der Waals surface area contributed by atoms with Crippen molar-refractivity contribution in [2.45, 2.75) is 12.7 Å². The van der Waals surface area contributed by atoms with Gasteiger partial charge in [0.25, 0.3) is 0 Å². The van der Waals surface area contributed by atoms with Crippen LogP contribution in [-0.2, 0) is 12.7 Å². The molecule has 1 aromatic heterocycles. The van der Waals surface area contributed by atoms with E-state index in [1.165, 1.54) is 41.1 Å². The third kappa shape index (κ3) is 4.09. The van der Waals surface area contributed by atoms with Crippen LogP contribution in [0.2, 0.25) is 5.02 Å². The zero-order valence-corrected chi connectivity index (χ0v) is 15.9. The second-order valence-electron chi connectivity index (χ2n) is 5.76. The first-order chi connectivity index (χ1) is 12.7. The van der Waals surface area contributed by atoms with Crippen molar-refractivity contribution < 1.29 is 17.6 Å². The maximum atomic E-state index is 14.0. The highest BCUT2D eigenvalue weighted by atomic mass is 79.9. The topological polar surface area (TPSA) is 22.0 Å². The monoisotopic (exact) mass is 459 g/mol. The standard InChI is InChI=1S/C19H11BrClF4NO/c20-14-10-26(9-11-4-1-2-7-15(11)22)16(8-17(14)27)12-5-3-6-13(18(12)21)19(23,24)25/h1-8,10H,9H2. The molecule has 0 unspecified atom stereocenters. The van der Waals surface area contributed by atoms with Gasteiger partial charge in [-0.1, -0.05) is 41.9 Å². The van der Waals surface area contributed by atoms with Gasteiger partial charge in [-0.05, 0) is 28.1 Å². The minimum absolute atomic E-state index is 0.00740. The molecule has 0 radical (unpaired) electrons. The number of nitrogens with zero attached hydrogens (tertiary/aromatic N) is 1. The number of benzene rings is 2. The van der Waals surface area contributed by atoms with E-state index in [2.05, 4.69) is 15.9 Å². The van der Waals surface area contributed by atoms with Crippen LogP contribution in [-0.4, -0.2) is 4.57 Å². The molecule has 0 amide bonds. The predicted molar refractivity (Wildman–Crippen MR) is 99.4 cm³/mol. The average molecular weight is 461 g/mol. The van der Waals surface area contributed by atoms with Gasteiger partial charge in [-0.3, -0.25) is 4.79 Å². The minimum Gasteiger partial charge on any atom is -0.342 e. The minimum atomic E-state index is -4.64. The first-order valence-electron chi connectivity index (χ1n) is 7.68. The molecule has 3 aromatic rings. The predicted octanol–water partition coefficient (Wildman–Crippen LogP) is 6.14. The van der Waals surface area contributed by atoms with E-state index in [4.69, 9.17) is 11.6 Å². The normalized spacial score (nSPS) is 11.6. The molecule has 0 aliphatic heterocycles. The van der Waals surface area contributed by atoms with Gasteiger partial charge in [0.2, 0.25) is 0 Å². The van der Waals surface area contributed by atoms with Crippen LogP contribution in [0.4, 0.5) is 17.6 Å². The lowest BCUT2D eigenvalue weighted by molar-refractivity contribution is -0.137. The Balaban J connectivity index is 2.21. The number of aromatic nitrogens is 1. The lowest BCUT2D eigenvalue weighted by atomic mass is 10.1. The quantitative estimate of drug-likeness (QED) is 0.431. The highest BCUT2D eigenvalue weighted by Crippen LogP contribution is 2.39. The van der Waals surface area contributed by atoms with E-state index >= 15 is 0 Å². The van der Waals surface area contributed by atoms with Gasteiger partial charge < -0.3 is 4.57 Å². The Morgan fingerprint density at radius 3 is 2.44 bits per heavy atom. The van der Waals surface area contributed by atoms with Crippen LogP contribution < -0.4 is 5.43 Å². The van der Waals surface area contributed by atoms with Crippen LogP contribution in [0.5, 0.6) is 0 Å². The Labute approximate surface area is 165 Å². The fraction of sp³-hybridized carbons (Fsp3) is 0.105. The van der Waals surface area contributed by atoms with Crippen molar-refractivity contribution in [3.8, 4) is 11.3 Å². The van der Waals surface area contributed by atoms with E-state index in [0.717, 1.165) is 6.07 Å². The van der Waals surface area contributed by atoms with E-state index in [9.17, 15) is 22.4 Å². The molecule has 2 aromatic carbocycles. The Morgan fingerprint density at radius 1 is 1.07 bits per heavy atom. The SMILES string of the molecule is O=c1cc(-c2cccc(C(F)(F)F)c2Cl)n(Cc2ccccc2F)cc1Br. The number of hydrogen-bond donors (Lipinski definition) is 0. The Bertz CT molecular complexity index is 1060. The summed E-state index contributed by atoms with van der Waals surface area (Å²) in [6, 6.07) is 10.7. The summed E-state index contributed by atoms with van der Waals surface area (Å²) < 4.78 is 55.2.